The summed E-state index contributed by atoms with van der Waals surface area (Å²) < 4.78 is 5.16. The van der Waals surface area contributed by atoms with Crippen molar-refractivity contribution < 1.29 is 14.6 Å². The number of hydrogen-bond donors (Lipinski definition) is 2. The van der Waals surface area contributed by atoms with Gasteiger partial charge in [0.05, 0.1) is 12.8 Å². The average Bonchev–Trinajstić information content (AvgIpc) is 2.75. The Morgan fingerprint density at radius 3 is 3.06 bits per heavy atom. The highest BCUT2D eigenvalue weighted by Crippen LogP contribution is 2.28. The van der Waals surface area contributed by atoms with Crippen molar-refractivity contribution in [1.29, 1.82) is 0 Å². The molecule has 1 aliphatic heterocycles. The highest BCUT2D eigenvalue weighted by Gasteiger charge is 2.23. The Hall–Kier alpha value is -2.30. The third-order valence-electron chi connectivity index (χ3n) is 3.18. The lowest BCUT2D eigenvalue weighted by molar-refractivity contribution is -0.129. The summed E-state index contributed by atoms with van der Waals surface area (Å²) in [4.78, 5) is 18.3. The van der Waals surface area contributed by atoms with Gasteiger partial charge in [-0.1, -0.05) is 0 Å². The van der Waals surface area contributed by atoms with Gasteiger partial charge < -0.3 is 14.8 Å². The highest BCUT2D eigenvalue weighted by atomic mass is 16.5. The lowest BCUT2D eigenvalue weighted by Crippen LogP contribution is -2.21. The zero-order chi connectivity index (χ0) is 12.7. The molecule has 0 amide bonds. The van der Waals surface area contributed by atoms with E-state index in [2.05, 4.69) is 9.98 Å². The molecule has 0 atom stereocenters. The molecule has 1 aliphatic rings. The summed E-state index contributed by atoms with van der Waals surface area (Å²) in [5, 5.41) is 10.2. The van der Waals surface area contributed by atoms with E-state index in [1.54, 1.807) is 7.11 Å². The van der Waals surface area contributed by atoms with Crippen LogP contribution in [0, 0.1) is 0 Å². The predicted octanol–water partition coefficient (Wildman–Crippen LogP) is 1.61. The van der Waals surface area contributed by atoms with Gasteiger partial charge in [-0.3, -0.25) is 4.99 Å². The van der Waals surface area contributed by atoms with E-state index in [9.17, 15) is 4.79 Å². The van der Waals surface area contributed by atoms with Gasteiger partial charge >= 0.3 is 5.97 Å². The van der Waals surface area contributed by atoms with Crippen LogP contribution in [-0.4, -0.2) is 35.4 Å². The van der Waals surface area contributed by atoms with Crippen LogP contribution < -0.4 is 4.74 Å². The van der Waals surface area contributed by atoms with Gasteiger partial charge in [-0.15, -0.1) is 0 Å². The van der Waals surface area contributed by atoms with Crippen LogP contribution >= 0.6 is 0 Å². The average molecular weight is 244 g/mol. The monoisotopic (exact) mass is 244 g/mol. The van der Waals surface area contributed by atoms with E-state index in [1.807, 2.05) is 18.2 Å². The first-order valence-electron chi connectivity index (χ1n) is 5.67. The quantitative estimate of drug-likeness (QED) is 0.842. The number of carbonyl (C=O) groups is 1. The molecule has 0 radical (unpaired) electrons. The summed E-state index contributed by atoms with van der Waals surface area (Å²) in [6.45, 7) is 0.521. The number of aromatic nitrogens is 1. The fraction of sp³-hybridized carbons (Fsp3) is 0.231. The Labute approximate surface area is 103 Å². The smallest absolute Gasteiger partial charge is 0.356 e. The molecular weight excluding hydrogens is 232 g/mol. The molecule has 5 nitrogen and oxygen atoms in total. The summed E-state index contributed by atoms with van der Waals surface area (Å²) >= 11 is 0. The molecule has 3 rings (SSSR count). The predicted molar refractivity (Wildman–Crippen MR) is 67.6 cm³/mol. The number of aromatic amines is 1. The molecular formula is C13H12N2O3. The Bertz CT molecular complexity index is 670. The van der Waals surface area contributed by atoms with E-state index in [4.69, 9.17) is 9.84 Å². The van der Waals surface area contributed by atoms with Crippen molar-refractivity contribution >= 4 is 22.6 Å². The minimum Gasteiger partial charge on any atom is -0.497 e. The topological polar surface area (TPSA) is 74.7 Å². The Kier molecular flexibility index (Phi) is 2.33. The van der Waals surface area contributed by atoms with E-state index in [1.165, 1.54) is 0 Å². The van der Waals surface area contributed by atoms with Crippen molar-refractivity contribution in [3.63, 3.8) is 0 Å². The minimum atomic E-state index is -0.991. The molecule has 92 valence electrons. The number of carboxylic acids is 1. The van der Waals surface area contributed by atoms with Crippen LogP contribution in [-0.2, 0) is 11.2 Å². The largest absolute Gasteiger partial charge is 0.497 e. The minimum absolute atomic E-state index is 0.117. The number of rotatable bonds is 2. The van der Waals surface area contributed by atoms with Gasteiger partial charge in [-0.2, -0.15) is 0 Å². The van der Waals surface area contributed by atoms with E-state index in [0.29, 0.717) is 12.2 Å². The number of nitrogens with zero attached hydrogens (tertiary/aromatic N) is 1. The van der Waals surface area contributed by atoms with Crippen LogP contribution in [0.5, 0.6) is 5.75 Å². The van der Waals surface area contributed by atoms with E-state index in [0.717, 1.165) is 28.6 Å². The number of benzene rings is 1. The third-order valence-corrected chi connectivity index (χ3v) is 3.18. The van der Waals surface area contributed by atoms with Gasteiger partial charge in [-0.05, 0) is 24.1 Å². The van der Waals surface area contributed by atoms with Crippen molar-refractivity contribution in [2.45, 2.75) is 6.42 Å². The summed E-state index contributed by atoms with van der Waals surface area (Å²) in [5.41, 5.74) is 2.65. The maximum absolute atomic E-state index is 11.1. The second kappa shape index (κ2) is 3.87. The molecule has 5 heteroatoms. The Balaban J connectivity index is 2.24. The number of aliphatic carboxylic acids is 1. The van der Waals surface area contributed by atoms with Gasteiger partial charge in [0.15, 0.2) is 5.71 Å². The number of hydrogen-bond acceptors (Lipinski definition) is 3. The Morgan fingerprint density at radius 2 is 2.33 bits per heavy atom. The number of fused-ring (bicyclic) bond motifs is 3. The van der Waals surface area contributed by atoms with Crippen LogP contribution in [0.15, 0.2) is 23.2 Å². The maximum Gasteiger partial charge on any atom is 0.356 e. The molecule has 1 aromatic carbocycles. The normalized spacial score (nSPS) is 14.2. The lowest BCUT2D eigenvalue weighted by Gasteiger charge is -2.09. The molecule has 0 unspecified atom stereocenters. The molecule has 0 aliphatic carbocycles. The zero-order valence-corrected chi connectivity index (χ0v) is 9.86. The fourth-order valence-electron chi connectivity index (χ4n) is 2.36. The molecule has 0 fully saturated rings. The van der Waals surface area contributed by atoms with Crippen molar-refractivity contribution in [3.8, 4) is 5.75 Å². The zero-order valence-electron chi connectivity index (χ0n) is 9.86. The molecule has 0 saturated carbocycles. The fourth-order valence-corrected chi connectivity index (χ4v) is 2.36. The van der Waals surface area contributed by atoms with E-state index >= 15 is 0 Å². The highest BCUT2D eigenvalue weighted by molar-refractivity contribution is 6.43. The van der Waals surface area contributed by atoms with Crippen LogP contribution in [0.4, 0.5) is 0 Å². The lowest BCUT2D eigenvalue weighted by atomic mass is 10.0. The first kappa shape index (κ1) is 10.8. The SMILES string of the molecule is COc1ccc2c3c([nH]c2c1)C(C(=O)O)=NCC3. The number of carboxylic acid groups (broad SMARTS) is 1. The molecule has 0 spiro atoms. The van der Waals surface area contributed by atoms with Crippen LogP contribution in [0.1, 0.15) is 11.3 Å². The maximum atomic E-state index is 11.1. The third kappa shape index (κ3) is 1.48. The number of methoxy groups -OCH3 is 1. The van der Waals surface area contributed by atoms with Crippen LogP contribution in [0.2, 0.25) is 0 Å². The van der Waals surface area contributed by atoms with E-state index < -0.39 is 5.97 Å². The van der Waals surface area contributed by atoms with E-state index in [-0.39, 0.29) is 5.71 Å². The second-order valence-corrected chi connectivity index (χ2v) is 4.18. The van der Waals surface area contributed by atoms with Crippen molar-refractivity contribution in [3.05, 3.63) is 29.5 Å². The summed E-state index contributed by atoms with van der Waals surface area (Å²) in [6.07, 6.45) is 0.762. The van der Waals surface area contributed by atoms with Crippen molar-refractivity contribution in [2.75, 3.05) is 13.7 Å². The molecule has 0 saturated heterocycles. The van der Waals surface area contributed by atoms with Gasteiger partial charge in [-0.25, -0.2) is 4.79 Å². The number of ether oxygens (including phenoxy) is 1. The first-order chi connectivity index (χ1) is 8.70. The number of aliphatic imine (C=N–C) groups is 1. The summed E-state index contributed by atoms with van der Waals surface area (Å²) in [5.74, 6) is -0.246. The van der Waals surface area contributed by atoms with Crippen LogP contribution in [0.3, 0.4) is 0 Å². The summed E-state index contributed by atoms with van der Waals surface area (Å²) in [7, 11) is 1.61. The summed E-state index contributed by atoms with van der Waals surface area (Å²) in [6, 6.07) is 5.70. The van der Waals surface area contributed by atoms with Crippen LogP contribution in [0.25, 0.3) is 10.9 Å². The molecule has 0 bridgehead atoms. The molecule has 18 heavy (non-hydrogen) atoms. The van der Waals surface area contributed by atoms with Gasteiger partial charge in [0, 0.05) is 23.5 Å². The molecule has 1 aromatic heterocycles. The second-order valence-electron chi connectivity index (χ2n) is 4.18. The van der Waals surface area contributed by atoms with Gasteiger partial charge in [0.1, 0.15) is 5.75 Å². The number of H-pyrrole nitrogens is 1. The standard InChI is InChI=1S/C13H12N2O3/c1-18-7-2-3-8-9-4-5-14-12(13(16)17)11(9)15-10(8)6-7/h2-3,6,15H,4-5H2,1H3,(H,16,17). The van der Waals surface area contributed by atoms with Gasteiger partial charge in [0.25, 0.3) is 0 Å². The molecule has 2 N–H and O–H groups in total. The Morgan fingerprint density at radius 1 is 1.50 bits per heavy atom. The van der Waals surface area contributed by atoms with Crippen molar-refractivity contribution in [1.82, 2.24) is 4.98 Å². The molecule has 2 aromatic rings. The molecule has 2 heterocycles. The van der Waals surface area contributed by atoms with Gasteiger partial charge in [0.2, 0.25) is 0 Å². The number of nitrogens with one attached hydrogen (secondary N) is 1. The van der Waals surface area contributed by atoms with Crippen molar-refractivity contribution in [2.24, 2.45) is 4.99 Å². The first-order valence-corrected chi connectivity index (χ1v) is 5.67.